The number of carboxylic acid groups (broad SMARTS) is 1. The highest BCUT2D eigenvalue weighted by molar-refractivity contribution is 5.85. The van der Waals surface area contributed by atoms with E-state index in [9.17, 15) is 19.5 Å². The summed E-state index contributed by atoms with van der Waals surface area (Å²) in [7, 11) is 0. The molecule has 1 saturated heterocycles. The normalized spacial score (nSPS) is 30.9. The number of rotatable bonds is 4. The molecule has 3 aliphatic rings. The Morgan fingerprint density at radius 3 is 2.08 bits per heavy atom. The summed E-state index contributed by atoms with van der Waals surface area (Å²) in [4.78, 5) is 38.0. The Balaban J connectivity index is 1.48. The number of piperidine rings is 1. The van der Waals surface area contributed by atoms with Crippen LogP contribution in [-0.2, 0) is 14.4 Å². The molecule has 0 aromatic rings. The molecule has 6 nitrogen and oxygen atoms in total. The fraction of sp³-hybridized carbons (Fsp3) is 0.842. The Morgan fingerprint density at radius 1 is 0.800 bits per heavy atom. The second kappa shape index (κ2) is 8.19. The van der Waals surface area contributed by atoms with Gasteiger partial charge in [-0.25, -0.2) is 4.79 Å². The van der Waals surface area contributed by atoms with E-state index in [4.69, 9.17) is 0 Å². The average Bonchev–Trinajstić information content (AvgIpc) is 3.16. The number of hydrogen-bond donors (Lipinski definition) is 2. The molecule has 140 valence electrons. The SMILES string of the molecule is O=C(NC1CCC(C(=O)N2CCCCC2C(=O)O)CC1)C1CCCC1. The zero-order valence-electron chi connectivity index (χ0n) is 14.9. The zero-order valence-corrected chi connectivity index (χ0v) is 14.9. The topological polar surface area (TPSA) is 86.7 Å². The molecule has 6 heteroatoms. The van der Waals surface area contributed by atoms with Gasteiger partial charge in [0.05, 0.1) is 0 Å². The van der Waals surface area contributed by atoms with Crippen molar-refractivity contribution in [3.05, 3.63) is 0 Å². The number of carboxylic acids is 1. The number of amides is 2. The van der Waals surface area contributed by atoms with Crippen LogP contribution >= 0.6 is 0 Å². The van der Waals surface area contributed by atoms with Crippen LogP contribution in [0.1, 0.15) is 70.6 Å². The highest BCUT2D eigenvalue weighted by Gasteiger charge is 2.37. The highest BCUT2D eigenvalue weighted by atomic mass is 16.4. The molecule has 2 aliphatic carbocycles. The lowest BCUT2D eigenvalue weighted by Crippen LogP contribution is -2.51. The van der Waals surface area contributed by atoms with Crippen LogP contribution in [0.3, 0.4) is 0 Å². The third kappa shape index (κ3) is 4.33. The molecule has 0 radical (unpaired) electrons. The van der Waals surface area contributed by atoms with Gasteiger partial charge >= 0.3 is 5.97 Å². The largest absolute Gasteiger partial charge is 0.480 e. The summed E-state index contributed by atoms with van der Waals surface area (Å²) < 4.78 is 0. The second-order valence-corrected chi connectivity index (χ2v) is 7.92. The number of carbonyl (C=O) groups excluding carboxylic acids is 2. The Kier molecular flexibility index (Phi) is 5.97. The van der Waals surface area contributed by atoms with Crippen LogP contribution in [0.25, 0.3) is 0 Å². The van der Waals surface area contributed by atoms with Crippen molar-refractivity contribution in [1.29, 1.82) is 0 Å². The van der Waals surface area contributed by atoms with Gasteiger partial charge in [0.15, 0.2) is 0 Å². The first-order valence-electron chi connectivity index (χ1n) is 9.90. The molecule has 1 aliphatic heterocycles. The molecular formula is C19H30N2O4. The first kappa shape index (κ1) is 18.2. The summed E-state index contributed by atoms with van der Waals surface area (Å²) in [6.07, 6.45) is 9.78. The number of nitrogens with zero attached hydrogens (tertiary/aromatic N) is 1. The number of hydrogen-bond acceptors (Lipinski definition) is 3. The Labute approximate surface area is 149 Å². The molecule has 1 atom stereocenters. The van der Waals surface area contributed by atoms with Gasteiger partial charge in [-0.1, -0.05) is 12.8 Å². The summed E-state index contributed by atoms with van der Waals surface area (Å²) in [5, 5.41) is 12.5. The van der Waals surface area contributed by atoms with Crippen LogP contribution in [0.15, 0.2) is 0 Å². The molecule has 0 aromatic carbocycles. The standard InChI is InChI=1S/C19H30N2O4/c22-17(13-5-1-2-6-13)20-15-10-8-14(9-11-15)18(23)21-12-4-3-7-16(21)19(24)25/h13-16H,1-12H2,(H,20,22)(H,24,25). The summed E-state index contributed by atoms with van der Waals surface area (Å²) in [5.41, 5.74) is 0. The zero-order chi connectivity index (χ0) is 17.8. The van der Waals surface area contributed by atoms with Gasteiger partial charge in [0.1, 0.15) is 6.04 Å². The van der Waals surface area contributed by atoms with Crippen molar-refractivity contribution < 1.29 is 19.5 Å². The van der Waals surface area contributed by atoms with Crippen LogP contribution in [-0.4, -0.2) is 46.4 Å². The molecule has 3 fully saturated rings. The maximum absolute atomic E-state index is 12.8. The van der Waals surface area contributed by atoms with E-state index in [1.54, 1.807) is 4.90 Å². The van der Waals surface area contributed by atoms with E-state index in [2.05, 4.69) is 5.32 Å². The molecular weight excluding hydrogens is 320 g/mol. The van der Waals surface area contributed by atoms with E-state index >= 15 is 0 Å². The van der Waals surface area contributed by atoms with Crippen molar-refractivity contribution in [1.82, 2.24) is 10.2 Å². The fourth-order valence-corrected chi connectivity index (χ4v) is 4.68. The molecule has 2 amide bonds. The molecule has 0 bridgehead atoms. The van der Waals surface area contributed by atoms with E-state index in [-0.39, 0.29) is 29.7 Å². The Bertz CT molecular complexity index is 508. The minimum atomic E-state index is -0.884. The highest BCUT2D eigenvalue weighted by Crippen LogP contribution is 2.30. The van der Waals surface area contributed by atoms with Gasteiger partial charge in [-0.3, -0.25) is 9.59 Å². The molecule has 2 saturated carbocycles. The van der Waals surface area contributed by atoms with Crippen LogP contribution in [0.2, 0.25) is 0 Å². The van der Waals surface area contributed by atoms with Gasteiger partial charge in [0.2, 0.25) is 11.8 Å². The van der Waals surface area contributed by atoms with Crippen LogP contribution in [0.4, 0.5) is 0 Å². The lowest BCUT2D eigenvalue weighted by atomic mass is 9.84. The van der Waals surface area contributed by atoms with Crippen molar-refractivity contribution >= 4 is 17.8 Å². The van der Waals surface area contributed by atoms with Gasteiger partial charge in [-0.15, -0.1) is 0 Å². The molecule has 0 spiro atoms. The second-order valence-electron chi connectivity index (χ2n) is 7.92. The van der Waals surface area contributed by atoms with E-state index in [1.165, 1.54) is 0 Å². The van der Waals surface area contributed by atoms with Gasteiger partial charge < -0.3 is 15.3 Å². The third-order valence-corrected chi connectivity index (χ3v) is 6.22. The first-order valence-corrected chi connectivity index (χ1v) is 9.90. The smallest absolute Gasteiger partial charge is 0.326 e. The predicted molar refractivity (Wildman–Crippen MR) is 92.8 cm³/mol. The maximum atomic E-state index is 12.8. The van der Waals surface area contributed by atoms with Gasteiger partial charge in [-0.2, -0.15) is 0 Å². The number of likely N-dealkylation sites (tertiary alicyclic amines) is 1. The molecule has 1 heterocycles. The summed E-state index contributed by atoms with van der Waals surface area (Å²) in [6.45, 7) is 0.564. The quantitative estimate of drug-likeness (QED) is 0.814. The van der Waals surface area contributed by atoms with Crippen molar-refractivity contribution in [3.63, 3.8) is 0 Å². The van der Waals surface area contributed by atoms with Gasteiger partial charge in [0.25, 0.3) is 0 Å². The molecule has 3 rings (SSSR count). The van der Waals surface area contributed by atoms with Gasteiger partial charge in [-0.05, 0) is 57.8 Å². The van der Waals surface area contributed by atoms with Crippen LogP contribution in [0, 0.1) is 11.8 Å². The Morgan fingerprint density at radius 2 is 1.44 bits per heavy atom. The molecule has 25 heavy (non-hydrogen) atoms. The first-order chi connectivity index (χ1) is 12.1. The summed E-state index contributed by atoms with van der Waals surface area (Å²) in [6, 6.07) is -0.477. The van der Waals surface area contributed by atoms with Crippen molar-refractivity contribution in [2.45, 2.75) is 82.7 Å². The van der Waals surface area contributed by atoms with Gasteiger partial charge in [0, 0.05) is 24.4 Å². The van der Waals surface area contributed by atoms with E-state index < -0.39 is 12.0 Å². The lowest BCUT2D eigenvalue weighted by Gasteiger charge is -2.37. The Hall–Kier alpha value is -1.59. The average molecular weight is 350 g/mol. The van der Waals surface area contributed by atoms with Crippen LogP contribution < -0.4 is 5.32 Å². The van der Waals surface area contributed by atoms with E-state index in [1.807, 2.05) is 0 Å². The predicted octanol–water partition coefficient (Wildman–Crippen LogP) is 2.32. The van der Waals surface area contributed by atoms with E-state index in [0.717, 1.165) is 64.2 Å². The number of nitrogens with one attached hydrogen (secondary N) is 1. The molecule has 1 unspecified atom stereocenters. The van der Waals surface area contributed by atoms with Crippen LogP contribution in [0.5, 0.6) is 0 Å². The molecule has 0 aromatic heterocycles. The monoisotopic (exact) mass is 350 g/mol. The summed E-state index contributed by atoms with van der Waals surface area (Å²) in [5.74, 6) is -0.587. The summed E-state index contributed by atoms with van der Waals surface area (Å²) >= 11 is 0. The number of aliphatic carboxylic acids is 1. The number of carbonyl (C=O) groups is 3. The minimum Gasteiger partial charge on any atom is -0.480 e. The molecule has 2 N–H and O–H groups in total. The van der Waals surface area contributed by atoms with E-state index in [0.29, 0.717) is 13.0 Å². The van der Waals surface area contributed by atoms with Crippen molar-refractivity contribution in [3.8, 4) is 0 Å². The fourth-order valence-electron chi connectivity index (χ4n) is 4.68. The van der Waals surface area contributed by atoms with Crippen molar-refractivity contribution in [2.75, 3.05) is 6.54 Å². The lowest BCUT2D eigenvalue weighted by molar-refractivity contribution is -0.154. The maximum Gasteiger partial charge on any atom is 0.326 e. The minimum absolute atomic E-state index is 0.00710. The van der Waals surface area contributed by atoms with Crippen molar-refractivity contribution in [2.24, 2.45) is 11.8 Å². The third-order valence-electron chi connectivity index (χ3n) is 6.22.